The monoisotopic (exact) mass is 1090 g/mol. The third-order valence-corrected chi connectivity index (χ3v) is 14.9. The van der Waals surface area contributed by atoms with E-state index in [-0.39, 0.29) is 49.5 Å². The standard InChI is InChI=1S/C52H69N11O11S2/c1-28(2)43-52(74)61-42(51(73)63-44(29(3)64)45(54)67)27-76-75-26-41(60-47(69)38(56-30(4)65)22-31-12-6-5-7-13-31)50(72)58-39(23-32-17-19-34(66)20-18-32)48(70)59-40(24-33-25-55-36-15-9-8-14-35(33)36)49(71)57-37(46(68)62-43)16-10-11-21-53/h5-9,12-15,17-20,25,28-29,37-44,55,64,66H,10-11,16,21-24,26-27,53H2,1-4H3,(H2,54,67)(H,56,65)(H,57,71)(H,58,72)(H,59,70)(H,60,69)(H,61,74)(H,62,68)(H,63,73)/t29-,37+,38-,39+,40?,41?,42?,43?,44+/m1/s1. The zero-order valence-corrected chi connectivity index (χ0v) is 44.4. The van der Waals surface area contributed by atoms with E-state index in [1.54, 1.807) is 62.5 Å². The van der Waals surface area contributed by atoms with E-state index >= 15 is 0 Å². The SMILES string of the molecule is CC(=O)N[C@H](Cc1ccccc1)C(=O)NC1CSSCC(C(=O)N[C@H](C(N)=O)[C@@H](C)O)NC(=O)C(C(C)C)NC(=O)[C@H](CCCCN)NC(=O)C(Cc2c[nH]c3ccccc23)NC(=O)[C@H](Cc2ccc(O)cc2)NC1=O. The number of phenolic OH excluding ortho intramolecular Hbond substituents is 1. The van der Waals surface area contributed by atoms with Crippen molar-refractivity contribution in [2.75, 3.05) is 18.1 Å². The summed E-state index contributed by atoms with van der Waals surface area (Å²) >= 11 is 0. The number of aromatic hydroxyl groups is 1. The molecule has 0 saturated carbocycles. The van der Waals surface area contributed by atoms with Crippen LogP contribution in [0, 0.1) is 5.92 Å². The van der Waals surface area contributed by atoms with E-state index in [2.05, 4.69) is 47.5 Å². The number of fused-ring (bicyclic) bond motifs is 1. The predicted molar refractivity (Wildman–Crippen MR) is 289 cm³/mol. The molecule has 22 nitrogen and oxygen atoms in total. The van der Waals surface area contributed by atoms with Gasteiger partial charge in [0.1, 0.15) is 54.1 Å². The lowest BCUT2D eigenvalue weighted by molar-refractivity contribution is -0.136. The Morgan fingerprint density at radius 3 is 1.97 bits per heavy atom. The molecule has 15 N–H and O–H groups in total. The number of H-pyrrole nitrogens is 1. The molecule has 1 aliphatic heterocycles. The second-order valence-electron chi connectivity index (χ2n) is 18.9. The number of aliphatic hydroxyl groups is 1. The molecule has 410 valence electrons. The number of unbranched alkanes of at least 4 members (excludes halogenated alkanes) is 1. The first-order valence-corrected chi connectivity index (χ1v) is 27.4. The Morgan fingerprint density at radius 1 is 0.711 bits per heavy atom. The second kappa shape index (κ2) is 29.2. The van der Waals surface area contributed by atoms with Crippen molar-refractivity contribution in [2.45, 2.75) is 121 Å². The summed E-state index contributed by atoms with van der Waals surface area (Å²) in [7, 11) is 1.97. The highest BCUT2D eigenvalue weighted by atomic mass is 33.1. The Labute approximate surface area is 448 Å². The zero-order valence-electron chi connectivity index (χ0n) is 42.8. The third kappa shape index (κ3) is 18.0. The van der Waals surface area contributed by atoms with Crippen LogP contribution < -0.4 is 54.0 Å². The minimum Gasteiger partial charge on any atom is -0.508 e. The summed E-state index contributed by atoms with van der Waals surface area (Å²) in [5, 5.41) is 42.7. The lowest BCUT2D eigenvalue weighted by Crippen LogP contribution is -2.62. The van der Waals surface area contributed by atoms with Gasteiger partial charge < -0.3 is 69.2 Å². The summed E-state index contributed by atoms with van der Waals surface area (Å²) < 4.78 is 0. The highest BCUT2D eigenvalue weighted by Gasteiger charge is 2.37. The molecule has 0 radical (unpaired) electrons. The van der Waals surface area contributed by atoms with Crippen LogP contribution in [0.1, 0.15) is 63.6 Å². The molecule has 24 heteroatoms. The van der Waals surface area contributed by atoms with Crippen molar-refractivity contribution >= 4 is 85.7 Å². The molecule has 0 aliphatic carbocycles. The number of carbonyl (C=O) groups excluding carboxylic acids is 9. The maximum atomic E-state index is 14.9. The smallest absolute Gasteiger partial charge is 0.244 e. The molecule has 4 unspecified atom stereocenters. The highest BCUT2D eigenvalue weighted by molar-refractivity contribution is 8.76. The Bertz CT molecular complexity index is 2660. The van der Waals surface area contributed by atoms with Crippen LogP contribution >= 0.6 is 21.6 Å². The summed E-state index contributed by atoms with van der Waals surface area (Å²) in [4.78, 5) is 129. The Kier molecular flexibility index (Phi) is 23.0. The summed E-state index contributed by atoms with van der Waals surface area (Å²) in [6.45, 7) is 6.04. The summed E-state index contributed by atoms with van der Waals surface area (Å²) in [6.07, 6.45) is 0.893. The minimum absolute atomic E-state index is 0.0369. The molecule has 1 fully saturated rings. The number of aliphatic hydroxyl groups excluding tert-OH is 1. The molecule has 9 amide bonds. The van der Waals surface area contributed by atoms with Gasteiger partial charge in [0.05, 0.1) is 6.10 Å². The number of hydrogen-bond acceptors (Lipinski definition) is 14. The maximum Gasteiger partial charge on any atom is 0.244 e. The number of aromatic nitrogens is 1. The lowest BCUT2D eigenvalue weighted by atomic mass is 10.00. The van der Waals surface area contributed by atoms with E-state index in [1.807, 2.05) is 24.3 Å². The number of benzene rings is 3. The zero-order chi connectivity index (χ0) is 55.5. The van der Waals surface area contributed by atoms with Crippen molar-refractivity contribution in [1.82, 2.24) is 47.5 Å². The summed E-state index contributed by atoms with van der Waals surface area (Å²) in [6, 6.07) is 10.9. The molecule has 1 aromatic heterocycles. The number of carbonyl (C=O) groups is 9. The number of nitrogens with two attached hydrogens (primary N) is 2. The van der Waals surface area contributed by atoms with E-state index in [0.29, 0.717) is 29.5 Å². The maximum absolute atomic E-state index is 14.9. The first-order valence-electron chi connectivity index (χ1n) is 24.9. The fraction of sp³-hybridized carbons (Fsp3) is 0.442. The van der Waals surface area contributed by atoms with Crippen molar-refractivity contribution < 1.29 is 53.4 Å². The molecular weight excluding hydrogens is 1020 g/mol. The van der Waals surface area contributed by atoms with Gasteiger partial charge in [-0.25, -0.2) is 0 Å². The quantitative estimate of drug-likeness (QED) is 0.0455. The second-order valence-corrected chi connectivity index (χ2v) is 21.4. The van der Waals surface area contributed by atoms with Gasteiger partial charge in [0.15, 0.2) is 0 Å². The molecule has 9 atom stereocenters. The number of amides is 9. The fourth-order valence-corrected chi connectivity index (χ4v) is 10.6. The van der Waals surface area contributed by atoms with Gasteiger partial charge in [-0.15, -0.1) is 0 Å². The van der Waals surface area contributed by atoms with Gasteiger partial charge in [-0.1, -0.05) is 96.1 Å². The van der Waals surface area contributed by atoms with Gasteiger partial charge in [-0.05, 0) is 73.5 Å². The van der Waals surface area contributed by atoms with Gasteiger partial charge in [0.25, 0.3) is 0 Å². The van der Waals surface area contributed by atoms with Crippen molar-refractivity contribution in [3.8, 4) is 5.75 Å². The van der Waals surface area contributed by atoms with E-state index in [0.717, 1.165) is 32.5 Å². The van der Waals surface area contributed by atoms with Gasteiger partial charge in [0, 0.05) is 54.8 Å². The number of primary amides is 1. The van der Waals surface area contributed by atoms with Crippen LogP contribution in [-0.4, -0.2) is 141 Å². The largest absolute Gasteiger partial charge is 0.508 e. The molecule has 2 heterocycles. The molecule has 0 spiro atoms. The Morgan fingerprint density at radius 2 is 1.33 bits per heavy atom. The van der Waals surface area contributed by atoms with Gasteiger partial charge in [-0.3, -0.25) is 43.2 Å². The van der Waals surface area contributed by atoms with Crippen LogP contribution in [0.15, 0.2) is 85.1 Å². The van der Waals surface area contributed by atoms with Crippen molar-refractivity contribution in [3.63, 3.8) is 0 Å². The van der Waals surface area contributed by atoms with Crippen LogP contribution in [0.4, 0.5) is 0 Å². The van der Waals surface area contributed by atoms with Crippen LogP contribution in [-0.2, 0) is 62.4 Å². The first-order chi connectivity index (χ1) is 36.2. The van der Waals surface area contributed by atoms with Crippen molar-refractivity contribution in [2.24, 2.45) is 17.4 Å². The fourth-order valence-electron chi connectivity index (χ4n) is 8.29. The van der Waals surface area contributed by atoms with Crippen LogP contribution in [0.25, 0.3) is 10.9 Å². The number of aromatic amines is 1. The average molecular weight is 1090 g/mol. The van der Waals surface area contributed by atoms with Crippen LogP contribution in [0.2, 0.25) is 0 Å². The summed E-state index contributed by atoms with van der Waals surface area (Å²) in [5.74, 6) is -8.49. The molecule has 5 rings (SSSR count). The number of hydrogen-bond donors (Lipinski definition) is 13. The Hall–Kier alpha value is -7.15. The molecular formula is C52H69N11O11S2. The van der Waals surface area contributed by atoms with Crippen LogP contribution in [0.3, 0.4) is 0 Å². The van der Waals surface area contributed by atoms with E-state index in [9.17, 15) is 53.4 Å². The molecule has 0 bridgehead atoms. The molecule has 76 heavy (non-hydrogen) atoms. The van der Waals surface area contributed by atoms with Gasteiger partial charge in [0.2, 0.25) is 53.2 Å². The lowest BCUT2D eigenvalue weighted by Gasteiger charge is -2.29. The highest BCUT2D eigenvalue weighted by Crippen LogP contribution is 2.25. The minimum atomic E-state index is -1.57. The number of nitrogens with one attached hydrogen (secondary N) is 9. The number of phenols is 1. The molecule has 1 saturated heterocycles. The Balaban J connectivity index is 1.61. The van der Waals surface area contributed by atoms with Gasteiger partial charge >= 0.3 is 0 Å². The van der Waals surface area contributed by atoms with E-state index in [4.69, 9.17) is 11.5 Å². The van der Waals surface area contributed by atoms with Crippen LogP contribution in [0.5, 0.6) is 5.75 Å². The average Bonchev–Trinajstić information content (AvgIpc) is 3.79. The van der Waals surface area contributed by atoms with Crippen molar-refractivity contribution in [3.05, 3.63) is 102 Å². The molecule has 4 aromatic rings. The number of para-hydroxylation sites is 1. The third-order valence-electron chi connectivity index (χ3n) is 12.4. The van der Waals surface area contributed by atoms with E-state index in [1.165, 1.54) is 26.0 Å². The molecule has 1 aliphatic rings. The number of rotatable bonds is 18. The normalized spacial score (nSPS) is 21.6. The van der Waals surface area contributed by atoms with Gasteiger partial charge in [-0.2, -0.15) is 0 Å². The van der Waals surface area contributed by atoms with E-state index < -0.39 is 114 Å². The first kappa shape index (κ1) is 59.7. The topological polar surface area (TPSA) is 358 Å². The van der Waals surface area contributed by atoms with Crippen molar-refractivity contribution in [1.29, 1.82) is 0 Å². The predicted octanol–water partition coefficient (Wildman–Crippen LogP) is -0.154. The molecule has 3 aromatic carbocycles. The summed E-state index contributed by atoms with van der Waals surface area (Å²) in [5.41, 5.74) is 13.9.